The molecule has 8 heteroatoms. The van der Waals surface area contributed by atoms with Crippen LogP contribution in [0.25, 0.3) is 0 Å². The number of aliphatic hydroxyl groups excluding tert-OH is 1. The summed E-state index contributed by atoms with van der Waals surface area (Å²) in [5.41, 5.74) is 0.723. The summed E-state index contributed by atoms with van der Waals surface area (Å²) >= 11 is 0. The number of fused-ring (bicyclic) bond motifs is 1. The molecule has 2 fully saturated rings. The second kappa shape index (κ2) is 8.69. The Kier molecular flexibility index (Phi) is 6.50. The smallest absolute Gasteiger partial charge is 0.406 e. The zero-order valence-electron chi connectivity index (χ0n) is 15.9. The molecule has 0 spiro atoms. The molecule has 1 N–H and O–H groups in total. The van der Waals surface area contributed by atoms with E-state index < -0.39 is 6.36 Å². The number of amides is 1. The molecule has 1 radical (unpaired) electrons. The number of halogens is 3. The summed E-state index contributed by atoms with van der Waals surface area (Å²) in [6.07, 6.45) is -1.91. The molecule has 2 aliphatic rings. The summed E-state index contributed by atoms with van der Waals surface area (Å²) in [5, 5.41) is 9.01. The van der Waals surface area contributed by atoms with E-state index in [1.165, 1.54) is 12.1 Å². The van der Waals surface area contributed by atoms with Gasteiger partial charge in [0.1, 0.15) is 5.75 Å². The van der Waals surface area contributed by atoms with E-state index in [1.807, 2.05) is 13.3 Å². The van der Waals surface area contributed by atoms with Crippen LogP contribution in [0, 0.1) is 24.2 Å². The Labute approximate surface area is 163 Å². The van der Waals surface area contributed by atoms with Gasteiger partial charge in [-0.3, -0.25) is 9.69 Å². The van der Waals surface area contributed by atoms with Crippen LogP contribution in [-0.2, 0) is 4.79 Å². The van der Waals surface area contributed by atoms with E-state index in [2.05, 4.69) is 9.64 Å². The number of hydrogen-bond acceptors (Lipinski definition) is 4. The van der Waals surface area contributed by atoms with Crippen molar-refractivity contribution in [1.82, 2.24) is 9.80 Å². The Morgan fingerprint density at radius 1 is 1.36 bits per heavy atom. The van der Waals surface area contributed by atoms with Gasteiger partial charge in [-0.2, -0.15) is 0 Å². The summed E-state index contributed by atoms with van der Waals surface area (Å²) in [6, 6.07) is 6.02. The number of ether oxygens (including phenoxy) is 1. The van der Waals surface area contributed by atoms with Gasteiger partial charge in [-0.05, 0) is 55.2 Å². The third kappa shape index (κ3) is 5.38. The first-order valence-corrected chi connectivity index (χ1v) is 9.60. The average Bonchev–Trinajstić information content (AvgIpc) is 3.07. The summed E-state index contributed by atoms with van der Waals surface area (Å²) in [7, 11) is 0. The van der Waals surface area contributed by atoms with Crippen molar-refractivity contribution in [2.24, 2.45) is 17.8 Å². The summed E-state index contributed by atoms with van der Waals surface area (Å²) in [4.78, 5) is 16.1. The molecule has 1 aliphatic heterocycles. The van der Waals surface area contributed by atoms with Crippen molar-refractivity contribution in [2.75, 3.05) is 39.3 Å². The van der Waals surface area contributed by atoms with Gasteiger partial charge in [0.2, 0.25) is 5.91 Å². The van der Waals surface area contributed by atoms with Gasteiger partial charge in [0.05, 0.1) is 13.2 Å². The van der Waals surface area contributed by atoms with Gasteiger partial charge in [-0.25, -0.2) is 0 Å². The molecule has 1 amide bonds. The Bertz CT molecular complexity index is 671. The van der Waals surface area contributed by atoms with Crippen LogP contribution >= 0.6 is 0 Å². The summed E-state index contributed by atoms with van der Waals surface area (Å²) < 4.78 is 40.9. The molecule has 28 heavy (non-hydrogen) atoms. The molecule has 3 rings (SSSR count). The van der Waals surface area contributed by atoms with Crippen molar-refractivity contribution in [3.05, 3.63) is 36.2 Å². The van der Waals surface area contributed by atoms with Gasteiger partial charge in [0, 0.05) is 26.2 Å². The van der Waals surface area contributed by atoms with E-state index in [0.29, 0.717) is 37.4 Å². The van der Waals surface area contributed by atoms with Crippen LogP contribution in [0.3, 0.4) is 0 Å². The first kappa shape index (κ1) is 20.9. The van der Waals surface area contributed by atoms with Gasteiger partial charge < -0.3 is 14.7 Å². The fourth-order valence-electron chi connectivity index (χ4n) is 4.20. The Balaban J connectivity index is 1.41. The SMILES string of the molecule is CCN(CCO)C(=O)CN1CC2C(C[CH]c3cccc(OC(F)(F)F)c3)C2C1. The quantitative estimate of drug-likeness (QED) is 0.694. The number of piperidine rings is 1. The van der Waals surface area contributed by atoms with Crippen LogP contribution in [0.4, 0.5) is 13.2 Å². The molecular weight excluding hydrogens is 373 g/mol. The maximum absolute atomic E-state index is 12.3. The summed E-state index contributed by atoms with van der Waals surface area (Å²) in [5.74, 6) is 1.46. The molecule has 155 valence electrons. The van der Waals surface area contributed by atoms with Gasteiger partial charge in [-0.15, -0.1) is 13.2 Å². The van der Waals surface area contributed by atoms with E-state index in [0.717, 1.165) is 25.1 Å². The van der Waals surface area contributed by atoms with Gasteiger partial charge in [-0.1, -0.05) is 12.1 Å². The lowest BCUT2D eigenvalue weighted by Gasteiger charge is -2.24. The molecule has 1 aliphatic carbocycles. The number of carbonyl (C=O) groups excluding carboxylic acids is 1. The number of aliphatic hydroxyl groups is 1. The molecule has 0 bridgehead atoms. The highest BCUT2D eigenvalue weighted by Gasteiger charge is 2.54. The van der Waals surface area contributed by atoms with Crippen LogP contribution in [0.2, 0.25) is 0 Å². The number of rotatable bonds is 9. The highest BCUT2D eigenvalue weighted by Crippen LogP contribution is 2.54. The monoisotopic (exact) mass is 399 g/mol. The van der Waals surface area contributed by atoms with Gasteiger partial charge in [0.15, 0.2) is 0 Å². The van der Waals surface area contributed by atoms with E-state index in [9.17, 15) is 18.0 Å². The van der Waals surface area contributed by atoms with E-state index >= 15 is 0 Å². The molecule has 1 saturated heterocycles. The zero-order chi connectivity index (χ0) is 20.3. The number of likely N-dealkylation sites (tertiary alicyclic amines) is 1. The maximum Gasteiger partial charge on any atom is 0.573 e. The molecule has 1 saturated carbocycles. The second-order valence-corrected chi connectivity index (χ2v) is 7.44. The normalized spacial score (nSPS) is 24.1. The largest absolute Gasteiger partial charge is 0.573 e. The molecule has 5 nitrogen and oxygen atoms in total. The van der Waals surface area contributed by atoms with Crippen molar-refractivity contribution in [1.29, 1.82) is 0 Å². The Morgan fingerprint density at radius 3 is 2.68 bits per heavy atom. The zero-order valence-corrected chi connectivity index (χ0v) is 15.9. The molecule has 0 aromatic heterocycles. The maximum atomic E-state index is 12.3. The van der Waals surface area contributed by atoms with E-state index in [1.54, 1.807) is 17.0 Å². The molecular formula is C20H26F3N2O3. The van der Waals surface area contributed by atoms with Crippen molar-refractivity contribution < 1.29 is 27.8 Å². The van der Waals surface area contributed by atoms with Crippen LogP contribution in [-0.4, -0.2) is 66.5 Å². The number of nitrogens with zero attached hydrogens (tertiary/aromatic N) is 2. The Hall–Kier alpha value is -1.80. The lowest BCUT2D eigenvalue weighted by Crippen LogP contribution is -2.41. The summed E-state index contributed by atoms with van der Waals surface area (Å²) in [6.45, 7) is 4.97. The predicted molar refractivity (Wildman–Crippen MR) is 97.4 cm³/mol. The van der Waals surface area contributed by atoms with Gasteiger partial charge in [0.25, 0.3) is 0 Å². The molecule has 2 atom stereocenters. The molecule has 2 unspecified atom stereocenters. The minimum atomic E-state index is -4.68. The third-order valence-corrected chi connectivity index (χ3v) is 5.63. The van der Waals surface area contributed by atoms with Crippen molar-refractivity contribution in [3.63, 3.8) is 0 Å². The highest BCUT2D eigenvalue weighted by molar-refractivity contribution is 5.78. The first-order valence-electron chi connectivity index (χ1n) is 9.60. The van der Waals surface area contributed by atoms with Crippen LogP contribution < -0.4 is 4.74 Å². The fourth-order valence-corrected chi connectivity index (χ4v) is 4.20. The van der Waals surface area contributed by atoms with E-state index in [-0.39, 0.29) is 18.3 Å². The van der Waals surface area contributed by atoms with Gasteiger partial charge >= 0.3 is 6.36 Å². The fraction of sp³-hybridized carbons (Fsp3) is 0.600. The number of hydrogen-bond donors (Lipinski definition) is 1. The molecule has 1 heterocycles. The number of benzene rings is 1. The minimum Gasteiger partial charge on any atom is -0.406 e. The highest BCUT2D eigenvalue weighted by atomic mass is 19.4. The number of carbonyl (C=O) groups is 1. The van der Waals surface area contributed by atoms with Crippen LogP contribution in [0.1, 0.15) is 18.9 Å². The van der Waals surface area contributed by atoms with E-state index in [4.69, 9.17) is 5.11 Å². The Morgan fingerprint density at radius 2 is 2.07 bits per heavy atom. The molecule has 1 aromatic rings. The average molecular weight is 399 g/mol. The standard InChI is InChI=1S/C20H26F3N2O3/c1-2-25(8-9-26)19(27)13-24-11-17-16(18(17)12-24)7-6-14-4-3-5-15(10-14)28-20(21,22)23/h3-6,10,16-18,26H,2,7-9,11-13H2,1H3. The lowest BCUT2D eigenvalue weighted by atomic mass is 10.0. The minimum absolute atomic E-state index is 0.0298. The predicted octanol–water partition coefficient (Wildman–Crippen LogP) is 2.55. The van der Waals surface area contributed by atoms with Crippen molar-refractivity contribution in [3.8, 4) is 5.75 Å². The number of alkyl halides is 3. The third-order valence-electron chi connectivity index (χ3n) is 5.63. The van der Waals surface area contributed by atoms with Crippen LogP contribution in [0.15, 0.2) is 24.3 Å². The van der Waals surface area contributed by atoms with Crippen molar-refractivity contribution >= 4 is 5.91 Å². The number of likely N-dealkylation sites (N-methyl/N-ethyl adjacent to an activating group) is 1. The van der Waals surface area contributed by atoms with Crippen molar-refractivity contribution in [2.45, 2.75) is 19.7 Å². The molecule has 1 aromatic carbocycles. The lowest BCUT2D eigenvalue weighted by molar-refractivity contribution is -0.274. The first-order chi connectivity index (χ1) is 13.3. The second-order valence-electron chi connectivity index (χ2n) is 7.44. The van der Waals surface area contributed by atoms with Crippen LogP contribution in [0.5, 0.6) is 5.75 Å². The topological polar surface area (TPSA) is 53.0 Å².